The fraction of sp³-hybridized carbons (Fsp3) is 0.667. The Morgan fingerprint density at radius 1 is 1.33 bits per heavy atom. The maximum atomic E-state index is 5.86. The van der Waals surface area contributed by atoms with Gasteiger partial charge in [0, 0.05) is 32.3 Å². The van der Waals surface area contributed by atoms with E-state index in [4.69, 9.17) is 4.74 Å². The Hall–Kier alpha value is -0.900. The van der Waals surface area contributed by atoms with Crippen LogP contribution in [0, 0.1) is 0 Å². The van der Waals surface area contributed by atoms with Gasteiger partial charge in [-0.1, -0.05) is 30.3 Å². The van der Waals surface area contributed by atoms with Gasteiger partial charge in [0.2, 0.25) is 0 Å². The van der Waals surface area contributed by atoms with Gasteiger partial charge in [-0.05, 0) is 44.7 Å². The summed E-state index contributed by atoms with van der Waals surface area (Å²) in [4.78, 5) is 2.59. The lowest BCUT2D eigenvalue weighted by Gasteiger charge is -2.26. The number of ether oxygens (including phenoxy) is 1. The van der Waals surface area contributed by atoms with Gasteiger partial charge in [-0.2, -0.15) is 0 Å². The number of benzene rings is 1. The van der Waals surface area contributed by atoms with Gasteiger partial charge in [0.1, 0.15) is 0 Å². The Bertz CT molecular complexity index is 428. The Balaban J connectivity index is 1.37. The van der Waals surface area contributed by atoms with E-state index in [1.54, 1.807) is 0 Å². The van der Waals surface area contributed by atoms with E-state index in [9.17, 15) is 0 Å². The van der Waals surface area contributed by atoms with Crippen LogP contribution >= 0.6 is 0 Å². The highest BCUT2D eigenvalue weighted by Crippen LogP contribution is 2.24. The summed E-state index contributed by atoms with van der Waals surface area (Å²) in [5.74, 6) is 0. The second-order valence-corrected chi connectivity index (χ2v) is 6.80. The zero-order valence-electron chi connectivity index (χ0n) is 13.2. The molecule has 1 aromatic carbocycles. The molecule has 2 fully saturated rings. The van der Waals surface area contributed by atoms with Crippen molar-refractivity contribution in [2.45, 2.75) is 44.2 Å². The maximum Gasteiger partial charge on any atom is 0.0779 e. The van der Waals surface area contributed by atoms with Crippen molar-refractivity contribution in [3.05, 3.63) is 35.9 Å². The number of nitrogens with zero attached hydrogens (tertiary/aromatic N) is 1. The molecule has 0 bridgehead atoms. The van der Waals surface area contributed by atoms with E-state index in [1.165, 1.54) is 44.5 Å². The summed E-state index contributed by atoms with van der Waals surface area (Å²) in [6.07, 6.45) is 4.84. The topological polar surface area (TPSA) is 24.5 Å². The van der Waals surface area contributed by atoms with E-state index in [0.29, 0.717) is 6.04 Å². The van der Waals surface area contributed by atoms with Crippen molar-refractivity contribution >= 4 is 0 Å². The Morgan fingerprint density at radius 3 is 2.95 bits per heavy atom. The molecular weight excluding hydrogens is 260 g/mol. The zero-order valence-corrected chi connectivity index (χ0v) is 13.2. The quantitative estimate of drug-likeness (QED) is 0.870. The molecule has 0 aliphatic carbocycles. The predicted molar refractivity (Wildman–Crippen MR) is 86.6 cm³/mol. The van der Waals surface area contributed by atoms with Crippen molar-refractivity contribution < 1.29 is 4.74 Å². The van der Waals surface area contributed by atoms with Crippen LogP contribution in [0.2, 0.25) is 0 Å². The van der Waals surface area contributed by atoms with E-state index in [1.807, 2.05) is 0 Å². The second kappa shape index (κ2) is 6.91. The molecule has 1 N–H and O–H groups in total. The van der Waals surface area contributed by atoms with Crippen molar-refractivity contribution in [3.63, 3.8) is 0 Å². The highest BCUT2D eigenvalue weighted by molar-refractivity contribution is 5.14. The molecule has 2 aliphatic rings. The molecule has 2 unspecified atom stereocenters. The molecule has 0 radical (unpaired) electrons. The van der Waals surface area contributed by atoms with Crippen LogP contribution in [0.15, 0.2) is 30.3 Å². The SMILES string of the molecule is CC1(CNC2CCN(CCc3ccccc3)C2)CCCO1. The standard InChI is InChI=1S/C18H28N2O/c1-18(10-5-13-21-18)15-19-17-9-12-20(14-17)11-8-16-6-3-2-4-7-16/h2-4,6-7,17,19H,5,8-15H2,1H3. The largest absolute Gasteiger partial charge is 0.374 e. The average Bonchev–Trinajstić information content (AvgIpc) is 3.14. The van der Waals surface area contributed by atoms with Crippen LogP contribution in [0.4, 0.5) is 0 Å². The van der Waals surface area contributed by atoms with Crippen molar-refractivity contribution in [2.75, 3.05) is 32.8 Å². The molecule has 2 aliphatic heterocycles. The lowest BCUT2D eigenvalue weighted by molar-refractivity contribution is 0.0189. The lowest BCUT2D eigenvalue weighted by Crippen LogP contribution is -2.43. The number of rotatable bonds is 6. The molecule has 0 spiro atoms. The van der Waals surface area contributed by atoms with Gasteiger partial charge >= 0.3 is 0 Å². The van der Waals surface area contributed by atoms with Crippen molar-refractivity contribution in [1.82, 2.24) is 10.2 Å². The van der Waals surface area contributed by atoms with Crippen LogP contribution in [0.25, 0.3) is 0 Å². The summed E-state index contributed by atoms with van der Waals surface area (Å²) in [5.41, 5.74) is 1.53. The van der Waals surface area contributed by atoms with Crippen LogP contribution in [0.5, 0.6) is 0 Å². The van der Waals surface area contributed by atoms with Crippen LogP contribution < -0.4 is 5.32 Å². The zero-order chi connectivity index (χ0) is 14.5. The third-order valence-corrected chi connectivity index (χ3v) is 4.90. The molecule has 2 saturated heterocycles. The molecule has 0 amide bonds. The first-order chi connectivity index (χ1) is 10.2. The third kappa shape index (κ3) is 4.29. The van der Waals surface area contributed by atoms with Gasteiger partial charge in [0.15, 0.2) is 0 Å². The third-order valence-electron chi connectivity index (χ3n) is 4.90. The van der Waals surface area contributed by atoms with Gasteiger partial charge in [0.05, 0.1) is 5.60 Å². The lowest BCUT2D eigenvalue weighted by atomic mass is 10.0. The summed E-state index contributed by atoms with van der Waals surface area (Å²) < 4.78 is 5.86. The molecular formula is C18H28N2O. The van der Waals surface area contributed by atoms with E-state index in [0.717, 1.165) is 19.6 Å². The van der Waals surface area contributed by atoms with Crippen LogP contribution in [-0.2, 0) is 11.2 Å². The first-order valence-corrected chi connectivity index (χ1v) is 8.37. The van der Waals surface area contributed by atoms with Crippen LogP contribution in [-0.4, -0.2) is 49.3 Å². The summed E-state index contributed by atoms with van der Waals surface area (Å²) in [6.45, 7) is 7.77. The minimum absolute atomic E-state index is 0.0808. The van der Waals surface area contributed by atoms with Gasteiger partial charge in [-0.3, -0.25) is 0 Å². The number of nitrogens with one attached hydrogen (secondary N) is 1. The summed E-state index contributed by atoms with van der Waals surface area (Å²) >= 11 is 0. The Morgan fingerprint density at radius 2 is 2.19 bits per heavy atom. The van der Waals surface area contributed by atoms with Crippen molar-refractivity contribution in [1.29, 1.82) is 0 Å². The molecule has 3 rings (SSSR count). The molecule has 0 saturated carbocycles. The van der Waals surface area contributed by atoms with E-state index >= 15 is 0 Å². The van der Waals surface area contributed by atoms with Gasteiger partial charge < -0.3 is 15.0 Å². The minimum atomic E-state index is 0.0808. The first-order valence-electron chi connectivity index (χ1n) is 8.37. The van der Waals surface area contributed by atoms with Gasteiger partial charge in [-0.15, -0.1) is 0 Å². The highest BCUT2D eigenvalue weighted by atomic mass is 16.5. The second-order valence-electron chi connectivity index (χ2n) is 6.80. The van der Waals surface area contributed by atoms with Gasteiger partial charge in [0.25, 0.3) is 0 Å². The normalized spacial score (nSPS) is 30.0. The molecule has 116 valence electrons. The minimum Gasteiger partial charge on any atom is -0.374 e. The molecule has 2 heterocycles. The summed E-state index contributed by atoms with van der Waals surface area (Å²) in [7, 11) is 0. The summed E-state index contributed by atoms with van der Waals surface area (Å²) in [6, 6.07) is 11.4. The molecule has 0 aromatic heterocycles. The Kier molecular flexibility index (Phi) is 4.94. The van der Waals surface area contributed by atoms with Crippen LogP contribution in [0.3, 0.4) is 0 Å². The molecule has 3 heteroatoms. The highest BCUT2D eigenvalue weighted by Gasteiger charge is 2.31. The number of hydrogen-bond acceptors (Lipinski definition) is 3. The van der Waals surface area contributed by atoms with Crippen molar-refractivity contribution in [2.24, 2.45) is 0 Å². The smallest absolute Gasteiger partial charge is 0.0779 e. The molecule has 1 aromatic rings. The summed E-state index contributed by atoms with van der Waals surface area (Å²) in [5, 5.41) is 3.73. The van der Waals surface area contributed by atoms with E-state index < -0.39 is 0 Å². The number of likely N-dealkylation sites (tertiary alicyclic amines) is 1. The average molecular weight is 288 g/mol. The number of hydrogen-bond donors (Lipinski definition) is 1. The molecule has 3 nitrogen and oxygen atoms in total. The first kappa shape index (κ1) is 15.0. The van der Waals surface area contributed by atoms with Crippen molar-refractivity contribution in [3.8, 4) is 0 Å². The van der Waals surface area contributed by atoms with Crippen LogP contribution in [0.1, 0.15) is 31.7 Å². The molecule has 2 atom stereocenters. The van der Waals surface area contributed by atoms with Gasteiger partial charge in [-0.25, -0.2) is 0 Å². The Labute approximate surface area is 128 Å². The predicted octanol–water partition coefficient (Wildman–Crippen LogP) is 2.46. The fourth-order valence-electron chi connectivity index (χ4n) is 3.47. The monoisotopic (exact) mass is 288 g/mol. The maximum absolute atomic E-state index is 5.86. The fourth-order valence-corrected chi connectivity index (χ4v) is 3.47. The van der Waals surface area contributed by atoms with E-state index in [2.05, 4.69) is 47.5 Å². The molecule has 21 heavy (non-hydrogen) atoms. The van der Waals surface area contributed by atoms with E-state index in [-0.39, 0.29) is 5.60 Å².